The molecule has 2 heterocycles. The van der Waals surface area contributed by atoms with E-state index in [9.17, 15) is 4.79 Å². The molecule has 0 aliphatic rings. The van der Waals surface area contributed by atoms with Gasteiger partial charge in [-0.25, -0.2) is 19.4 Å². The van der Waals surface area contributed by atoms with E-state index in [0.29, 0.717) is 35.3 Å². The van der Waals surface area contributed by atoms with Crippen LogP contribution in [0.1, 0.15) is 28.5 Å². The Bertz CT molecular complexity index is 888. The van der Waals surface area contributed by atoms with Crippen LogP contribution >= 0.6 is 0 Å². The molecule has 2 aromatic heterocycles. The van der Waals surface area contributed by atoms with E-state index in [-0.39, 0.29) is 0 Å². The van der Waals surface area contributed by atoms with Gasteiger partial charge in [0.25, 0.3) is 0 Å². The van der Waals surface area contributed by atoms with Gasteiger partial charge in [0.1, 0.15) is 17.6 Å². The molecule has 128 valence electrons. The Labute approximate surface area is 145 Å². The molecule has 0 saturated heterocycles. The van der Waals surface area contributed by atoms with Gasteiger partial charge in [-0.3, -0.25) is 0 Å². The van der Waals surface area contributed by atoms with Gasteiger partial charge in [-0.15, -0.1) is 0 Å². The van der Waals surface area contributed by atoms with Crippen molar-refractivity contribution < 1.29 is 14.3 Å². The van der Waals surface area contributed by atoms with E-state index in [2.05, 4.69) is 15.1 Å². The molecule has 0 aliphatic carbocycles. The number of aryl methyl sites for hydroxylation is 1. The molecule has 25 heavy (non-hydrogen) atoms. The van der Waals surface area contributed by atoms with Crippen molar-refractivity contribution in [2.24, 2.45) is 0 Å². The molecule has 0 radical (unpaired) electrons. The third kappa shape index (κ3) is 3.65. The molecular weight excluding hydrogens is 320 g/mol. The topological polar surface area (TPSA) is 79.1 Å². The van der Waals surface area contributed by atoms with Crippen molar-refractivity contribution in [3.63, 3.8) is 0 Å². The number of hydrogen-bond acceptors (Lipinski definition) is 6. The van der Waals surface area contributed by atoms with Crippen LogP contribution in [-0.4, -0.2) is 32.3 Å². The van der Waals surface area contributed by atoms with Crippen molar-refractivity contribution in [1.82, 2.24) is 19.7 Å². The minimum atomic E-state index is -0.406. The van der Waals surface area contributed by atoms with Crippen LogP contribution in [0.4, 0.5) is 0 Å². The molecule has 3 aromatic rings. The molecule has 0 N–H and O–H groups in total. The smallest absolute Gasteiger partial charge is 0.341 e. The molecule has 0 bridgehead atoms. The zero-order valence-electron chi connectivity index (χ0n) is 14.3. The van der Waals surface area contributed by atoms with Gasteiger partial charge < -0.3 is 9.47 Å². The Kier molecular flexibility index (Phi) is 4.74. The van der Waals surface area contributed by atoms with E-state index >= 15 is 0 Å². The first-order chi connectivity index (χ1) is 12.1. The molecule has 1 aromatic carbocycles. The number of carbonyl (C=O) groups is 1. The maximum atomic E-state index is 11.9. The van der Waals surface area contributed by atoms with Crippen molar-refractivity contribution >= 4 is 5.97 Å². The Hall–Kier alpha value is -3.22. The predicted molar refractivity (Wildman–Crippen MR) is 91.1 cm³/mol. The summed E-state index contributed by atoms with van der Waals surface area (Å²) in [6.07, 6.45) is 2.86. The van der Waals surface area contributed by atoms with Crippen LogP contribution in [0.15, 0.2) is 42.9 Å². The second kappa shape index (κ2) is 7.12. The number of ether oxygens (including phenoxy) is 2. The van der Waals surface area contributed by atoms with Crippen molar-refractivity contribution in [2.45, 2.75) is 20.8 Å². The van der Waals surface area contributed by atoms with E-state index in [1.165, 1.54) is 12.5 Å². The quantitative estimate of drug-likeness (QED) is 0.665. The number of benzene rings is 1. The minimum absolute atomic E-state index is 0.311. The monoisotopic (exact) mass is 338 g/mol. The maximum absolute atomic E-state index is 11.9. The van der Waals surface area contributed by atoms with Gasteiger partial charge in [0.05, 0.1) is 18.5 Å². The highest BCUT2D eigenvalue weighted by Crippen LogP contribution is 2.21. The minimum Gasteiger partial charge on any atom is -0.462 e. The highest BCUT2D eigenvalue weighted by Gasteiger charge is 2.17. The van der Waals surface area contributed by atoms with Crippen LogP contribution in [0, 0.1) is 13.8 Å². The maximum Gasteiger partial charge on any atom is 0.341 e. The third-order valence-electron chi connectivity index (χ3n) is 3.59. The lowest BCUT2D eigenvalue weighted by molar-refractivity contribution is 0.0525. The van der Waals surface area contributed by atoms with Crippen LogP contribution in [0.3, 0.4) is 0 Å². The first-order valence-corrected chi connectivity index (χ1v) is 7.87. The summed E-state index contributed by atoms with van der Waals surface area (Å²) >= 11 is 0. The molecule has 7 nitrogen and oxygen atoms in total. The van der Waals surface area contributed by atoms with Crippen molar-refractivity contribution in [3.05, 3.63) is 59.7 Å². The summed E-state index contributed by atoms with van der Waals surface area (Å²) in [5.74, 6) is 1.17. The van der Waals surface area contributed by atoms with Crippen LogP contribution in [0.25, 0.3) is 5.82 Å². The number of esters is 1. The summed E-state index contributed by atoms with van der Waals surface area (Å²) in [5.41, 5.74) is 2.19. The van der Waals surface area contributed by atoms with Crippen LogP contribution in [0.2, 0.25) is 0 Å². The van der Waals surface area contributed by atoms with Gasteiger partial charge in [-0.1, -0.05) is 17.7 Å². The Morgan fingerprint density at radius 3 is 2.64 bits per heavy atom. The van der Waals surface area contributed by atoms with E-state index in [0.717, 1.165) is 5.56 Å². The Morgan fingerprint density at radius 1 is 1.16 bits per heavy atom. The van der Waals surface area contributed by atoms with Crippen molar-refractivity contribution in [1.29, 1.82) is 0 Å². The lowest BCUT2D eigenvalue weighted by atomic mass is 10.2. The van der Waals surface area contributed by atoms with Crippen LogP contribution in [-0.2, 0) is 4.74 Å². The number of carbonyl (C=O) groups excluding carboxylic acids is 1. The van der Waals surface area contributed by atoms with E-state index < -0.39 is 5.97 Å². The molecule has 0 atom stereocenters. The summed E-state index contributed by atoms with van der Waals surface area (Å²) in [6.45, 7) is 5.86. The second-order valence-corrected chi connectivity index (χ2v) is 5.41. The average molecular weight is 338 g/mol. The number of hydrogen-bond donors (Lipinski definition) is 0. The first kappa shape index (κ1) is 16.6. The fourth-order valence-electron chi connectivity index (χ4n) is 2.28. The highest BCUT2D eigenvalue weighted by molar-refractivity contribution is 5.90. The normalized spacial score (nSPS) is 10.5. The van der Waals surface area contributed by atoms with Crippen molar-refractivity contribution in [3.8, 4) is 17.4 Å². The molecular formula is C18H18N4O3. The molecule has 0 amide bonds. The van der Waals surface area contributed by atoms with E-state index in [4.69, 9.17) is 9.47 Å². The SMILES string of the molecule is CCOC(=O)c1cnn(-c2cc(Oc3ccc(C)cc3)ncn2)c1C. The van der Waals surface area contributed by atoms with E-state index in [1.54, 1.807) is 24.6 Å². The first-order valence-electron chi connectivity index (χ1n) is 7.87. The average Bonchev–Trinajstić information content (AvgIpc) is 2.99. The number of rotatable bonds is 5. The largest absolute Gasteiger partial charge is 0.462 e. The zero-order chi connectivity index (χ0) is 17.8. The number of aromatic nitrogens is 4. The lowest BCUT2D eigenvalue weighted by Crippen LogP contribution is -2.07. The standard InChI is InChI=1S/C18H18N4O3/c1-4-24-18(23)15-10-21-22(13(15)3)16-9-17(20-11-19-16)25-14-7-5-12(2)6-8-14/h5-11H,4H2,1-3H3. The molecule has 7 heteroatoms. The summed E-state index contributed by atoms with van der Waals surface area (Å²) in [5, 5.41) is 4.22. The van der Waals surface area contributed by atoms with Crippen LogP contribution in [0.5, 0.6) is 11.6 Å². The second-order valence-electron chi connectivity index (χ2n) is 5.41. The number of nitrogens with zero attached hydrogens (tertiary/aromatic N) is 4. The molecule has 0 saturated carbocycles. The summed E-state index contributed by atoms with van der Waals surface area (Å²) in [4.78, 5) is 20.2. The molecule has 0 unspecified atom stereocenters. The van der Waals surface area contributed by atoms with Gasteiger partial charge in [0.2, 0.25) is 5.88 Å². The van der Waals surface area contributed by atoms with Gasteiger partial charge in [-0.2, -0.15) is 5.10 Å². The van der Waals surface area contributed by atoms with Gasteiger partial charge >= 0.3 is 5.97 Å². The highest BCUT2D eigenvalue weighted by atomic mass is 16.5. The third-order valence-corrected chi connectivity index (χ3v) is 3.59. The fraction of sp³-hybridized carbons (Fsp3) is 0.222. The molecule has 3 rings (SSSR count). The van der Waals surface area contributed by atoms with E-state index in [1.807, 2.05) is 31.2 Å². The van der Waals surface area contributed by atoms with Gasteiger partial charge in [0.15, 0.2) is 5.82 Å². The summed E-state index contributed by atoms with van der Waals surface area (Å²) in [6, 6.07) is 9.32. The molecule has 0 aliphatic heterocycles. The van der Waals surface area contributed by atoms with Gasteiger partial charge in [0, 0.05) is 6.07 Å². The molecule has 0 spiro atoms. The summed E-state index contributed by atoms with van der Waals surface area (Å²) in [7, 11) is 0. The van der Waals surface area contributed by atoms with Crippen molar-refractivity contribution in [2.75, 3.05) is 6.61 Å². The fourth-order valence-corrected chi connectivity index (χ4v) is 2.28. The van der Waals surface area contributed by atoms with Crippen LogP contribution < -0.4 is 4.74 Å². The lowest BCUT2D eigenvalue weighted by Gasteiger charge is -2.08. The zero-order valence-corrected chi connectivity index (χ0v) is 14.3. The Balaban J connectivity index is 1.86. The summed E-state index contributed by atoms with van der Waals surface area (Å²) < 4.78 is 12.3. The van der Waals surface area contributed by atoms with Gasteiger partial charge in [-0.05, 0) is 32.9 Å². The Morgan fingerprint density at radius 2 is 1.92 bits per heavy atom. The molecule has 0 fully saturated rings. The predicted octanol–water partition coefficient (Wildman–Crippen LogP) is 3.25.